The van der Waals surface area contributed by atoms with Crippen molar-refractivity contribution in [3.05, 3.63) is 60.6 Å². The normalized spacial score (nSPS) is 12.4. The molecule has 29 heavy (non-hydrogen) atoms. The van der Waals surface area contributed by atoms with Gasteiger partial charge in [0.25, 0.3) is 10.0 Å². The minimum atomic E-state index is -4.56. The molecule has 0 bridgehead atoms. The molecule has 3 heterocycles. The predicted molar refractivity (Wildman–Crippen MR) is 101 cm³/mol. The highest BCUT2D eigenvalue weighted by Crippen LogP contribution is 2.30. The second-order valence-corrected chi connectivity index (χ2v) is 8.00. The monoisotopic (exact) mass is 421 g/mol. The summed E-state index contributed by atoms with van der Waals surface area (Å²) in [7, 11) is -2.15. The van der Waals surface area contributed by atoms with Crippen LogP contribution in [0.4, 0.5) is 18.9 Å². The van der Waals surface area contributed by atoms with Gasteiger partial charge in [-0.2, -0.15) is 18.3 Å². The van der Waals surface area contributed by atoms with Crippen LogP contribution in [0.3, 0.4) is 0 Å². The Kier molecular flexibility index (Phi) is 4.34. The first-order valence-electron chi connectivity index (χ1n) is 8.31. The molecule has 0 aliphatic heterocycles. The highest BCUT2D eigenvalue weighted by atomic mass is 32.2. The number of fused-ring (bicyclic) bond motifs is 1. The van der Waals surface area contributed by atoms with Crippen LogP contribution in [0.2, 0.25) is 0 Å². The first-order valence-corrected chi connectivity index (χ1v) is 9.79. The van der Waals surface area contributed by atoms with Crippen molar-refractivity contribution in [3.63, 3.8) is 0 Å². The molecule has 4 rings (SSSR count). The first kappa shape index (κ1) is 19.0. The van der Waals surface area contributed by atoms with E-state index in [0.29, 0.717) is 5.69 Å². The number of benzene rings is 1. The number of H-pyrrole nitrogens is 1. The van der Waals surface area contributed by atoms with E-state index < -0.39 is 21.9 Å². The summed E-state index contributed by atoms with van der Waals surface area (Å²) < 4.78 is 67.8. The van der Waals surface area contributed by atoms with Crippen molar-refractivity contribution in [1.29, 1.82) is 0 Å². The molecule has 0 radical (unpaired) electrons. The lowest BCUT2D eigenvalue weighted by atomic mass is 10.2. The van der Waals surface area contributed by atoms with Gasteiger partial charge in [0.05, 0.1) is 16.9 Å². The Labute approximate surface area is 163 Å². The Hall–Kier alpha value is -3.34. The minimum absolute atomic E-state index is 0.0391. The van der Waals surface area contributed by atoms with Crippen LogP contribution in [0.1, 0.15) is 5.69 Å². The van der Waals surface area contributed by atoms with Gasteiger partial charge in [-0.15, -0.1) is 0 Å². The van der Waals surface area contributed by atoms with Crippen molar-refractivity contribution in [2.75, 3.05) is 4.72 Å². The van der Waals surface area contributed by atoms with Gasteiger partial charge in [0.2, 0.25) is 0 Å². The Balaban J connectivity index is 1.62. The minimum Gasteiger partial charge on any atom is -0.349 e. The highest BCUT2D eigenvalue weighted by Gasteiger charge is 2.33. The summed E-state index contributed by atoms with van der Waals surface area (Å²) in [4.78, 5) is 3.82. The van der Waals surface area contributed by atoms with E-state index in [4.69, 9.17) is 0 Å². The zero-order valence-electron chi connectivity index (χ0n) is 14.9. The van der Waals surface area contributed by atoms with Crippen molar-refractivity contribution >= 4 is 26.6 Å². The van der Waals surface area contributed by atoms with Crippen LogP contribution in [0.15, 0.2) is 59.8 Å². The van der Waals surface area contributed by atoms with Gasteiger partial charge in [-0.25, -0.2) is 8.42 Å². The van der Waals surface area contributed by atoms with Gasteiger partial charge >= 0.3 is 6.18 Å². The van der Waals surface area contributed by atoms with Gasteiger partial charge in [-0.3, -0.25) is 14.8 Å². The summed E-state index contributed by atoms with van der Waals surface area (Å²) in [6, 6.07) is 10.5. The van der Waals surface area contributed by atoms with Crippen LogP contribution in [0.25, 0.3) is 22.3 Å². The van der Waals surface area contributed by atoms with Crippen LogP contribution in [-0.2, 0) is 23.2 Å². The van der Waals surface area contributed by atoms with E-state index in [0.717, 1.165) is 23.2 Å². The third-order valence-electron chi connectivity index (χ3n) is 4.33. The largest absolute Gasteiger partial charge is 0.432 e. The van der Waals surface area contributed by atoms with Gasteiger partial charge in [0.15, 0.2) is 0 Å². The molecule has 0 aliphatic rings. The fraction of sp³-hybridized carbons (Fsp3) is 0.111. The third-order valence-corrected chi connectivity index (χ3v) is 5.69. The molecular weight excluding hydrogens is 407 g/mol. The molecule has 7 nitrogen and oxygen atoms in total. The quantitative estimate of drug-likeness (QED) is 0.525. The molecule has 4 aromatic rings. The lowest BCUT2D eigenvalue weighted by molar-refractivity contribution is -0.141. The number of halogens is 3. The number of rotatable bonds is 4. The van der Waals surface area contributed by atoms with Crippen LogP contribution < -0.4 is 4.72 Å². The smallest absolute Gasteiger partial charge is 0.349 e. The van der Waals surface area contributed by atoms with E-state index in [2.05, 4.69) is 14.8 Å². The Morgan fingerprint density at radius 2 is 1.90 bits per heavy atom. The highest BCUT2D eigenvalue weighted by molar-refractivity contribution is 7.92. The number of hydrogen-bond acceptors (Lipinski definition) is 4. The van der Waals surface area contributed by atoms with E-state index in [1.54, 1.807) is 23.7 Å². The van der Waals surface area contributed by atoms with Crippen LogP contribution in [-0.4, -0.2) is 28.2 Å². The molecule has 0 saturated heterocycles. The molecule has 2 N–H and O–H groups in total. The van der Waals surface area contributed by atoms with Gasteiger partial charge < -0.3 is 4.57 Å². The van der Waals surface area contributed by atoms with Crippen LogP contribution in [0, 0.1) is 0 Å². The van der Waals surface area contributed by atoms with Crippen LogP contribution in [0.5, 0.6) is 0 Å². The third kappa shape index (κ3) is 3.56. The SMILES string of the molecule is Cn1ccc2cccc(NS(=O)(=O)c3ccc(-c4cc(C(F)(F)F)[nH]n4)nc3)c21. The van der Waals surface area contributed by atoms with E-state index >= 15 is 0 Å². The lowest BCUT2D eigenvalue weighted by Gasteiger charge is -2.10. The number of aromatic nitrogens is 4. The van der Waals surface area contributed by atoms with Crippen LogP contribution >= 0.6 is 0 Å². The van der Waals surface area contributed by atoms with Gasteiger partial charge in [-0.05, 0) is 30.3 Å². The standard InChI is InChI=1S/C18H14F3N5O2S/c1-26-8-7-11-3-2-4-14(17(11)26)25-29(27,28)12-5-6-13(22-10-12)15-9-16(24-23-15)18(19,20)21/h2-10,25H,1H3,(H,23,24). The molecule has 0 amide bonds. The van der Waals surface area contributed by atoms with Crippen molar-refractivity contribution in [2.24, 2.45) is 7.05 Å². The van der Waals surface area contributed by atoms with Crippen molar-refractivity contribution in [1.82, 2.24) is 19.7 Å². The summed E-state index contributed by atoms with van der Waals surface area (Å²) in [5.74, 6) is 0. The average Bonchev–Trinajstić information content (AvgIpc) is 3.30. The summed E-state index contributed by atoms with van der Waals surface area (Å²) in [5.41, 5.74) is 0.185. The van der Waals surface area contributed by atoms with E-state index in [1.165, 1.54) is 12.1 Å². The van der Waals surface area contributed by atoms with Gasteiger partial charge in [-0.1, -0.05) is 12.1 Å². The number of aryl methyl sites for hydroxylation is 1. The molecule has 0 fully saturated rings. The zero-order valence-corrected chi connectivity index (χ0v) is 15.7. The molecule has 1 aromatic carbocycles. The van der Waals surface area contributed by atoms with E-state index in [1.807, 2.05) is 23.4 Å². The topological polar surface area (TPSA) is 92.7 Å². The fourth-order valence-electron chi connectivity index (χ4n) is 2.93. The average molecular weight is 421 g/mol. The number of para-hydroxylation sites is 1. The second kappa shape index (κ2) is 6.62. The summed E-state index contributed by atoms with van der Waals surface area (Å²) in [5, 5.41) is 6.34. The van der Waals surface area contributed by atoms with Crippen molar-refractivity contribution in [2.45, 2.75) is 11.1 Å². The maximum Gasteiger partial charge on any atom is 0.432 e. The number of pyridine rings is 1. The molecule has 11 heteroatoms. The zero-order chi connectivity index (χ0) is 20.8. The predicted octanol–water partition coefficient (Wildman–Crippen LogP) is 3.78. The number of anilines is 1. The number of alkyl halides is 3. The maximum atomic E-state index is 12.7. The van der Waals surface area contributed by atoms with Crippen molar-refractivity contribution < 1.29 is 21.6 Å². The number of hydrogen-bond donors (Lipinski definition) is 2. The molecule has 3 aromatic heterocycles. The molecule has 150 valence electrons. The summed E-state index contributed by atoms with van der Waals surface area (Å²) >= 11 is 0. The first-order chi connectivity index (χ1) is 13.6. The maximum absolute atomic E-state index is 12.7. The Bertz CT molecular complexity index is 1290. The summed E-state index contributed by atoms with van der Waals surface area (Å²) in [6.45, 7) is 0. The number of aromatic amines is 1. The molecule has 0 atom stereocenters. The Morgan fingerprint density at radius 1 is 1.10 bits per heavy atom. The van der Waals surface area contributed by atoms with Crippen molar-refractivity contribution in [3.8, 4) is 11.4 Å². The Morgan fingerprint density at radius 3 is 2.55 bits per heavy atom. The number of nitrogens with zero attached hydrogens (tertiary/aromatic N) is 3. The molecule has 0 saturated carbocycles. The van der Waals surface area contributed by atoms with E-state index in [-0.39, 0.29) is 16.3 Å². The lowest BCUT2D eigenvalue weighted by Crippen LogP contribution is -2.14. The number of sulfonamides is 1. The molecule has 0 unspecified atom stereocenters. The molecule has 0 aliphatic carbocycles. The molecular formula is C18H14F3N5O2S. The second-order valence-electron chi connectivity index (χ2n) is 6.32. The van der Waals surface area contributed by atoms with E-state index in [9.17, 15) is 21.6 Å². The molecule has 0 spiro atoms. The van der Waals surface area contributed by atoms with Gasteiger partial charge in [0, 0.05) is 24.8 Å². The number of nitrogens with one attached hydrogen (secondary N) is 2. The fourth-order valence-corrected chi connectivity index (χ4v) is 3.94. The summed E-state index contributed by atoms with van der Waals surface area (Å²) in [6.07, 6.45) is -1.67. The van der Waals surface area contributed by atoms with Gasteiger partial charge in [0.1, 0.15) is 16.3 Å².